The second-order valence-corrected chi connectivity index (χ2v) is 34.9. The van der Waals surface area contributed by atoms with E-state index in [-0.39, 0.29) is 0 Å². The summed E-state index contributed by atoms with van der Waals surface area (Å²) in [6.45, 7) is 15.0. The maximum absolute atomic E-state index is 6.38. The number of para-hydroxylation sites is 2. The Bertz CT molecular complexity index is 1890. The molecule has 0 saturated carbocycles. The first-order chi connectivity index (χ1) is 31.3. The molecule has 5 aromatic carbocycles. The third-order valence-corrected chi connectivity index (χ3v) is 34.9. The van der Waals surface area contributed by atoms with Crippen LogP contribution in [0.25, 0.3) is 0 Å². The first-order valence-electron chi connectivity index (χ1n) is 25.3. The van der Waals surface area contributed by atoms with E-state index in [0.717, 1.165) is 18.0 Å². The molecule has 0 saturated heterocycles. The van der Waals surface area contributed by atoms with Gasteiger partial charge in [0.05, 0.1) is 47.5 Å². The lowest BCUT2D eigenvalue weighted by Gasteiger charge is -2.37. The zero-order valence-electron chi connectivity index (χ0n) is 41.3. The van der Waals surface area contributed by atoms with Crippen LogP contribution in [0.5, 0.6) is 11.5 Å². The van der Waals surface area contributed by atoms with Crippen LogP contribution in [-0.4, -0.2) is 30.4 Å². The fourth-order valence-corrected chi connectivity index (χ4v) is 32.1. The molecule has 0 bridgehead atoms. The van der Waals surface area contributed by atoms with E-state index in [1.54, 1.807) is 10.4 Å². The van der Waals surface area contributed by atoms with Crippen molar-refractivity contribution < 1.29 is 9.47 Å². The molecule has 0 aromatic heterocycles. The minimum absolute atomic E-state index is 0.756. The third kappa shape index (κ3) is 12.7. The highest BCUT2D eigenvalue weighted by Gasteiger charge is 2.55. The predicted octanol–water partition coefficient (Wildman–Crippen LogP) is 14.5. The summed E-state index contributed by atoms with van der Waals surface area (Å²) in [5.74, 6) is 1.88. The molecule has 0 aliphatic rings. The average Bonchev–Trinajstić information content (AvgIpc) is 3.35. The van der Waals surface area contributed by atoms with Crippen molar-refractivity contribution in [3.63, 3.8) is 0 Å². The minimum atomic E-state index is -2.59. The summed E-state index contributed by atoms with van der Waals surface area (Å²) in [6.07, 6.45) is 15.6. The van der Waals surface area contributed by atoms with Crippen LogP contribution in [0.1, 0.15) is 124 Å². The van der Waals surface area contributed by atoms with Crippen molar-refractivity contribution in [2.75, 3.05) is 14.2 Å². The van der Waals surface area contributed by atoms with Crippen LogP contribution in [0.3, 0.4) is 0 Å². The lowest BCUT2D eigenvalue weighted by Crippen LogP contribution is -2.48. The fraction of sp³-hybridized carbons (Fsp3) is 0.474. The summed E-state index contributed by atoms with van der Waals surface area (Å²) in [5, 5.41) is 13.2. The van der Waals surface area contributed by atoms with Crippen molar-refractivity contribution in [1.82, 2.24) is 5.09 Å². The number of hydrogen-bond donors (Lipinski definition) is 1. The monoisotopic (exact) mass is 933 g/mol. The van der Waals surface area contributed by atoms with Gasteiger partial charge in [0.2, 0.25) is 0 Å². The van der Waals surface area contributed by atoms with Crippen LogP contribution < -0.4 is 46.2 Å². The van der Waals surface area contributed by atoms with Gasteiger partial charge in [0.1, 0.15) is 22.1 Å². The van der Waals surface area contributed by atoms with Gasteiger partial charge in [-0.1, -0.05) is 244 Å². The number of rotatable bonds is 30. The van der Waals surface area contributed by atoms with Gasteiger partial charge >= 0.3 is 0 Å². The summed E-state index contributed by atoms with van der Waals surface area (Å²) < 4.78 is 12.8. The smallest absolute Gasteiger partial charge is 0.173 e. The number of ether oxygens (including phenoxy) is 2. The highest BCUT2D eigenvalue weighted by Crippen LogP contribution is 2.79. The number of benzene rings is 5. The van der Waals surface area contributed by atoms with Crippen LogP contribution in [0, 0.1) is 0 Å². The topological polar surface area (TPSA) is 30.5 Å². The molecule has 1 N–H and O–H groups in total. The van der Waals surface area contributed by atoms with Crippen molar-refractivity contribution >= 4 is 62.5 Å². The fourth-order valence-electron chi connectivity index (χ4n) is 10.3. The van der Waals surface area contributed by atoms with Gasteiger partial charge in [0.25, 0.3) is 0 Å². The predicted molar refractivity (Wildman–Crippen MR) is 294 cm³/mol. The molecule has 5 rings (SSSR count). The molecule has 0 radical (unpaired) electrons. The summed E-state index contributed by atoms with van der Waals surface area (Å²) in [4.78, 5) is 0. The van der Waals surface area contributed by atoms with Gasteiger partial charge < -0.3 is 9.47 Å². The van der Waals surface area contributed by atoms with Crippen LogP contribution in [0.4, 0.5) is 0 Å². The molecule has 0 aliphatic carbocycles. The summed E-state index contributed by atoms with van der Waals surface area (Å²) in [6, 6.07) is 58.1. The van der Waals surface area contributed by atoms with Crippen LogP contribution in [0.2, 0.25) is 36.3 Å². The SMILES string of the molecule is CCCC[Si](CCCC)(CCCC)c1ccc([P+](NCc2ccccc2)(c2ccc([Si](CCCC)(CCCC)CCCC)cc2)P(c2ccccc2OC)c2ccccc2OC)cc1. The third-order valence-electron chi connectivity index (χ3n) is 14.0. The van der Waals surface area contributed by atoms with E-state index >= 15 is 0 Å². The Morgan fingerprint density at radius 1 is 0.422 bits per heavy atom. The molecule has 64 heavy (non-hydrogen) atoms. The highest BCUT2D eigenvalue weighted by molar-refractivity contribution is 8.49. The Labute approximate surface area is 395 Å². The quantitative estimate of drug-likeness (QED) is 0.0368. The van der Waals surface area contributed by atoms with Gasteiger partial charge in [0, 0.05) is 0 Å². The molecule has 0 spiro atoms. The van der Waals surface area contributed by atoms with E-state index in [2.05, 4.69) is 174 Å². The van der Waals surface area contributed by atoms with E-state index in [0.29, 0.717) is 0 Å². The van der Waals surface area contributed by atoms with Crippen molar-refractivity contribution in [3.05, 3.63) is 133 Å². The molecule has 0 heterocycles. The van der Waals surface area contributed by atoms with Gasteiger partial charge in [-0.05, 0) is 54.1 Å². The van der Waals surface area contributed by atoms with Crippen molar-refractivity contribution in [2.45, 2.75) is 161 Å². The molecule has 7 heteroatoms. The Hall–Kier alpha value is -3.05. The summed E-state index contributed by atoms with van der Waals surface area (Å²) >= 11 is 0. The van der Waals surface area contributed by atoms with Gasteiger partial charge in [-0.15, -0.1) is 0 Å². The number of hydrogen-bond acceptors (Lipinski definition) is 3. The number of methoxy groups -OCH3 is 2. The Kier molecular flexibility index (Phi) is 21.9. The first kappa shape index (κ1) is 51.9. The molecule has 0 atom stereocenters. The van der Waals surface area contributed by atoms with Gasteiger partial charge in [-0.3, -0.25) is 0 Å². The Balaban J connectivity index is 1.90. The van der Waals surface area contributed by atoms with Crippen LogP contribution in [0.15, 0.2) is 127 Å². The second kappa shape index (κ2) is 26.9. The van der Waals surface area contributed by atoms with Crippen molar-refractivity contribution in [1.29, 1.82) is 0 Å². The largest absolute Gasteiger partial charge is 0.496 e. The molecule has 5 aromatic rings. The number of nitrogens with one attached hydrogen (secondary N) is 1. The summed E-state index contributed by atoms with van der Waals surface area (Å²) in [7, 11) is -3.56. The Morgan fingerprint density at radius 3 is 1.08 bits per heavy atom. The van der Waals surface area contributed by atoms with E-state index in [9.17, 15) is 0 Å². The molecule has 0 amide bonds. The second-order valence-electron chi connectivity index (χ2n) is 18.4. The minimum Gasteiger partial charge on any atom is -0.496 e. The molecule has 0 unspecified atom stereocenters. The van der Waals surface area contributed by atoms with E-state index in [4.69, 9.17) is 9.47 Å². The average molecular weight is 933 g/mol. The maximum atomic E-state index is 6.38. The molecule has 346 valence electrons. The Morgan fingerprint density at radius 2 is 0.750 bits per heavy atom. The molecule has 3 nitrogen and oxygen atoms in total. The maximum Gasteiger partial charge on any atom is 0.173 e. The standard InChI is InChI=1S/C57H84NO2P2Si2/c1-9-15-42-63(43-16-10-2,44-17-11-3)52-38-34-50(35-39-52)62(58-48-49-28-22-21-23-29-49,61(56-32-26-24-30-54(56)59-7)57-33-27-25-31-55(57)60-8)51-36-40-53(41-37-51)64(45-18-12-4,46-19-13-5)47-20-14-6/h21-41,58H,9-20,42-48H2,1-8H3/q+1. The van der Waals surface area contributed by atoms with Crippen LogP contribution in [-0.2, 0) is 6.54 Å². The molecule has 0 fully saturated rings. The van der Waals surface area contributed by atoms with Gasteiger partial charge in [-0.2, -0.15) is 5.09 Å². The first-order valence-corrected chi connectivity index (χ1v) is 34.4. The zero-order valence-corrected chi connectivity index (χ0v) is 45.1. The van der Waals surface area contributed by atoms with Crippen molar-refractivity contribution in [2.24, 2.45) is 0 Å². The highest BCUT2D eigenvalue weighted by atomic mass is 32.1. The van der Waals surface area contributed by atoms with Crippen molar-refractivity contribution in [3.8, 4) is 11.5 Å². The summed E-state index contributed by atoms with van der Waals surface area (Å²) in [5.41, 5.74) is 1.30. The van der Waals surface area contributed by atoms with Gasteiger partial charge in [-0.25, -0.2) is 0 Å². The number of unbranched alkanes of at least 4 members (excludes halogenated alkanes) is 6. The zero-order chi connectivity index (χ0) is 45.7. The van der Waals surface area contributed by atoms with E-state index in [1.807, 2.05) is 14.2 Å². The molecular weight excluding hydrogens is 849 g/mol. The molecular formula is C57H84NO2P2Si2+. The van der Waals surface area contributed by atoms with Gasteiger partial charge in [0.15, 0.2) is 14.7 Å². The lowest BCUT2D eigenvalue weighted by atomic mass is 10.2. The van der Waals surface area contributed by atoms with E-state index < -0.39 is 30.9 Å². The normalized spacial score (nSPS) is 12.2. The lowest BCUT2D eigenvalue weighted by molar-refractivity contribution is 0.417. The van der Waals surface area contributed by atoms with Crippen LogP contribution >= 0.6 is 14.7 Å². The molecule has 0 aliphatic heterocycles. The van der Waals surface area contributed by atoms with E-state index in [1.165, 1.54) is 140 Å².